The zero-order chi connectivity index (χ0) is 28.8. The molecule has 2 amide bonds. The molecule has 1 aromatic heterocycles. The summed E-state index contributed by atoms with van der Waals surface area (Å²) in [7, 11) is 3.24. The van der Waals surface area contributed by atoms with Crippen LogP contribution in [0.4, 0.5) is 0 Å². The number of nitrogens with zero attached hydrogens (tertiary/aromatic N) is 3. The number of hydrogen-bond acceptors (Lipinski definition) is 5. The van der Waals surface area contributed by atoms with Gasteiger partial charge >= 0.3 is 0 Å². The summed E-state index contributed by atoms with van der Waals surface area (Å²) in [6, 6.07) is 23.4. The van der Waals surface area contributed by atoms with Gasteiger partial charge in [0, 0.05) is 60.3 Å². The van der Waals surface area contributed by atoms with Gasteiger partial charge < -0.3 is 24.3 Å². The van der Waals surface area contributed by atoms with Crippen molar-refractivity contribution in [2.75, 3.05) is 33.9 Å². The van der Waals surface area contributed by atoms with Gasteiger partial charge in [0.1, 0.15) is 30.1 Å². The molecule has 7 rings (SSSR count). The van der Waals surface area contributed by atoms with Gasteiger partial charge in [-0.2, -0.15) is 0 Å². The Morgan fingerprint density at radius 2 is 1.67 bits per heavy atom. The number of carbonyl (C=O) groups is 2. The van der Waals surface area contributed by atoms with E-state index in [-0.39, 0.29) is 24.4 Å². The Morgan fingerprint density at radius 1 is 0.905 bits per heavy atom. The van der Waals surface area contributed by atoms with E-state index in [0.29, 0.717) is 17.9 Å². The lowest BCUT2D eigenvalue weighted by Gasteiger charge is -2.49. The van der Waals surface area contributed by atoms with Gasteiger partial charge in [0.05, 0.1) is 14.2 Å². The minimum absolute atomic E-state index is 0.0292. The van der Waals surface area contributed by atoms with Gasteiger partial charge in [0.15, 0.2) is 0 Å². The summed E-state index contributed by atoms with van der Waals surface area (Å²) in [5, 5.41) is 1.09. The molecule has 3 aliphatic rings. The van der Waals surface area contributed by atoms with Crippen LogP contribution in [0.3, 0.4) is 0 Å². The average molecular weight is 565 g/mol. The van der Waals surface area contributed by atoms with Gasteiger partial charge in [-0.15, -0.1) is 0 Å². The van der Waals surface area contributed by atoms with Crippen molar-refractivity contribution in [2.24, 2.45) is 0 Å². The molecule has 1 unspecified atom stereocenters. The Morgan fingerprint density at radius 3 is 2.43 bits per heavy atom. The van der Waals surface area contributed by atoms with Crippen molar-refractivity contribution in [2.45, 2.75) is 43.9 Å². The van der Waals surface area contributed by atoms with Crippen molar-refractivity contribution >= 4 is 22.7 Å². The first-order valence-corrected chi connectivity index (χ1v) is 14.7. The van der Waals surface area contributed by atoms with Gasteiger partial charge in [-0.1, -0.05) is 48.5 Å². The zero-order valence-corrected chi connectivity index (χ0v) is 24.1. The molecule has 0 saturated carbocycles. The number of aromatic amines is 1. The van der Waals surface area contributed by atoms with Gasteiger partial charge in [-0.3, -0.25) is 14.5 Å². The quantitative estimate of drug-likeness (QED) is 0.372. The Kier molecular flexibility index (Phi) is 6.86. The van der Waals surface area contributed by atoms with Crippen LogP contribution in [0.2, 0.25) is 0 Å². The molecule has 216 valence electrons. The van der Waals surface area contributed by atoms with Crippen LogP contribution >= 0.6 is 0 Å². The molecule has 8 nitrogen and oxygen atoms in total. The number of methoxy groups -OCH3 is 2. The number of piperidine rings is 1. The summed E-state index contributed by atoms with van der Waals surface area (Å²) < 4.78 is 11.3. The van der Waals surface area contributed by atoms with Crippen LogP contribution in [0.15, 0.2) is 72.8 Å². The molecule has 0 aliphatic carbocycles. The van der Waals surface area contributed by atoms with Crippen molar-refractivity contribution < 1.29 is 19.1 Å². The molecule has 2 atom stereocenters. The maximum atomic E-state index is 14.3. The van der Waals surface area contributed by atoms with E-state index in [4.69, 9.17) is 9.47 Å². The molecule has 4 heterocycles. The van der Waals surface area contributed by atoms with Crippen molar-refractivity contribution in [1.82, 2.24) is 19.7 Å². The Labute approximate surface area is 245 Å². The number of likely N-dealkylation sites (tertiary alicyclic amines) is 1. The van der Waals surface area contributed by atoms with Gasteiger partial charge in [-0.25, -0.2) is 0 Å². The molecule has 0 bridgehead atoms. The minimum atomic E-state index is -0.572. The van der Waals surface area contributed by atoms with Crippen LogP contribution in [0.25, 0.3) is 10.9 Å². The number of para-hydroxylation sites is 1. The highest BCUT2D eigenvalue weighted by atomic mass is 16.5. The summed E-state index contributed by atoms with van der Waals surface area (Å²) >= 11 is 0. The number of fused-ring (bicyclic) bond motifs is 4. The van der Waals surface area contributed by atoms with E-state index in [1.165, 1.54) is 5.56 Å². The standard InChI is InChI=1S/C34H36N4O4/c1-41-24-12-13-26(30(18-24)42-2)33-32-27(25-10-6-7-11-28(25)35-32)19-29-34(40)37(21-31(39)38(29)33)23-14-16-36(17-15-23)20-22-8-4-3-5-9-22/h3-13,18,23,29,33,35H,14-17,19-21H2,1-2H3/t29-,33?/m0/s1. The van der Waals surface area contributed by atoms with E-state index in [1.807, 2.05) is 52.3 Å². The molecule has 8 heteroatoms. The van der Waals surface area contributed by atoms with Crippen LogP contribution in [0, 0.1) is 0 Å². The van der Waals surface area contributed by atoms with E-state index in [0.717, 1.165) is 60.2 Å². The molecule has 0 spiro atoms. The first-order chi connectivity index (χ1) is 20.6. The third kappa shape index (κ3) is 4.50. The molecule has 42 heavy (non-hydrogen) atoms. The molecule has 2 saturated heterocycles. The number of H-pyrrole nitrogens is 1. The van der Waals surface area contributed by atoms with Crippen molar-refractivity contribution in [3.8, 4) is 11.5 Å². The third-order valence-electron chi connectivity index (χ3n) is 9.28. The maximum absolute atomic E-state index is 14.3. The number of nitrogens with one attached hydrogen (secondary N) is 1. The zero-order valence-electron chi connectivity index (χ0n) is 24.1. The number of amides is 2. The van der Waals surface area contributed by atoms with Crippen LogP contribution in [-0.4, -0.2) is 77.4 Å². The fourth-order valence-electron chi connectivity index (χ4n) is 7.20. The predicted molar refractivity (Wildman–Crippen MR) is 160 cm³/mol. The smallest absolute Gasteiger partial charge is 0.246 e. The number of hydrogen-bond donors (Lipinski definition) is 1. The fraction of sp³-hybridized carbons (Fsp3) is 0.353. The summed E-state index contributed by atoms with van der Waals surface area (Å²) in [4.78, 5) is 38.2. The first-order valence-electron chi connectivity index (χ1n) is 14.7. The molecule has 4 aromatic rings. The van der Waals surface area contributed by atoms with E-state index in [9.17, 15) is 9.59 Å². The van der Waals surface area contributed by atoms with E-state index < -0.39 is 12.1 Å². The molecular formula is C34H36N4O4. The van der Waals surface area contributed by atoms with Crippen molar-refractivity contribution in [1.29, 1.82) is 0 Å². The van der Waals surface area contributed by atoms with Crippen LogP contribution in [0.1, 0.15) is 41.3 Å². The lowest BCUT2D eigenvalue weighted by atomic mass is 9.85. The number of carbonyl (C=O) groups excluding carboxylic acids is 2. The topological polar surface area (TPSA) is 78.1 Å². The highest BCUT2D eigenvalue weighted by molar-refractivity contribution is 5.98. The number of aromatic nitrogens is 1. The Hall–Kier alpha value is -4.30. The molecule has 1 N–H and O–H groups in total. The van der Waals surface area contributed by atoms with Gasteiger partial charge in [0.2, 0.25) is 11.8 Å². The van der Waals surface area contributed by atoms with Crippen LogP contribution in [-0.2, 0) is 22.6 Å². The van der Waals surface area contributed by atoms with E-state index >= 15 is 0 Å². The SMILES string of the molecule is COc1ccc(C2c3[nH]c4ccccc4c3C[C@H]3C(=O)N(C4CCN(Cc5ccccc5)CC4)CC(=O)N23)c(OC)c1. The van der Waals surface area contributed by atoms with Crippen molar-refractivity contribution in [3.05, 3.63) is 95.2 Å². The van der Waals surface area contributed by atoms with Crippen molar-refractivity contribution in [3.63, 3.8) is 0 Å². The Balaban J connectivity index is 1.21. The summed E-state index contributed by atoms with van der Waals surface area (Å²) in [6.07, 6.45) is 2.22. The Bertz CT molecular complexity index is 1630. The molecule has 3 aliphatic heterocycles. The van der Waals surface area contributed by atoms with E-state index in [2.05, 4.69) is 40.2 Å². The highest BCUT2D eigenvalue weighted by Crippen LogP contribution is 2.46. The average Bonchev–Trinajstić information content (AvgIpc) is 3.41. The van der Waals surface area contributed by atoms with Crippen LogP contribution in [0.5, 0.6) is 11.5 Å². The highest BCUT2D eigenvalue weighted by Gasteiger charge is 2.50. The summed E-state index contributed by atoms with van der Waals surface area (Å²) in [5.41, 5.74) is 5.17. The largest absolute Gasteiger partial charge is 0.497 e. The lowest BCUT2D eigenvalue weighted by Crippen LogP contribution is -2.65. The second-order valence-electron chi connectivity index (χ2n) is 11.6. The second-order valence-corrected chi connectivity index (χ2v) is 11.6. The van der Waals surface area contributed by atoms with Gasteiger partial charge in [0.25, 0.3) is 0 Å². The molecule has 0 radical (unpaired) electrons. The number of ether oxygens (including phenoxy) is 2. The third-order valence-corrected chi connectivity index (χ3v) is 9.28. The molecular weight excluding hydrogens is 528 g/mol. The summed E-state index contributed by atoms with van der Waals surface area (Å²) in [6.45, 7) is 2.82. The number of piperazine rings is 1. The number of rotatable bonds is 6. The maximum Gasteiger partial charge on any atom is 0.246 e. The number of benzene rings is 3. The monoisotopic (exact) mass is 564 g/mol. The van der Waals surface area contributed by atoms with Crippen LogP contribution < -0.4 is 9.47 Å². The molecule has 3 aromatic carbocycles. The van der Waals surface area contributed by atoms with E-state index in [1.54, 1.807) is 14.2 Å². The summed E-state index contributed by atoms with van der Waals surface area (Å²) in [5.74, 6) is 1.31. The lowest BCUT2D eigenvalue weighted by molar-refractivity contribution is -0.161. The minimum Gasteiger partial charge on any atom is -0.497 e. The van der Waals surface area contributed by atoms with Gasteiger partial charge in [-0.05, 0) is 42.2 Å². The normalized spacial score (nSPS) is 21.4. The predicted octanol–water partition coefficient (Wildman–Crippen LogP) is 4.53. The molecule has 2 fully saturated rings. The second kappa shape index (κ2) is 10.8. The first kappa shape index (κ1) is 26.6. The fourth-order valence-corrected chi connectivity index (χ4v) is 7.20.